The van der Waals surface area contributed by atoms with Gasteiger partial charge < -0.3 is 4.74 Å². The molecule has 0 aliphatic carbocycles. The van der Waals surface area contributed by atoms with Crippen molar-refractivity contribution in [1.82, 2.24) is 0 Å². The number of hydrogen-bond acceptors (Lipinski definition) is 7. The molecule has 1 rings (SSSR count). The lowest BCUT2D eigenvalue weighted by Gasteiger charge is -2.22. The smallest absolute Gasteiger partial charge is 0.237 e. The van der Waals surface area contributed by atoms with Crippen molar-refractivity contribution in [2.45, 2.75) is 19.9 Å². The Kier molecular flexibility index (Phi) is 5.77. The van der Waals surface area contributed by atoms with Crippen molar-refractivity contribution in [2.24, 2.45) is 16.0 Å². The van der Waals surface area contributed by atoms with E-state index in [1.54, 1.807) is 12.1 Å². The molecule has 0 saturated carbocycles. The number of nitrogens with one attached hydrogen (secondary N) is 2. The number of aliphatic imine (C=N–C) groups is 1. The van der Waals surface area contributed by atoms with Crippen LogP contribution in [0.1, 0.15) is 13.8 Å². The third-order valence-corrected chi connectivity index (χ3v) is 3.01. The Bertz CT molecular complexity index is 632. The van der Waals surface area contributed by atoms with E-state index in [-0.39, 0.29) is 18.4 Å². The molecule has 1 aliphatic heterocycles. The zero-order chi connectivity index (χ0) is 16.0. The van der Waals surface area contributed by atoms with E-state index in [0.29, 0.717) is 16.2 Å². The Morgan fingerprint density at radius 2 is 2.14 bits per heavy atom. The van der Waals surface area contributed by atoms with Crippen LogP contribution in [0, 0.1) is 39.5 Å². The van der Waals surface area contributed by atoms with Gasteiger partial charge in [-0.05, 0) is 5.92 Å². The van der Waals surface area contributed by atoms with Gasteiger partial charge in [0.2, 0.25) is 5.88 Å². The first-order valence-corrected chi connectivity index (χ1v) is 6.38. The molecule has 0 saturated heterocycles. The Balaban J connectivity index is 3.24. The lowest BCUT2D eigenvalue weighted by atomic mass is 9.94. The lowest BCUT2D eigenvalue weighted by molar-refractivity contribution is 0.224. The van der Waals surface area contributed by atoms with Crippen molar-refractivity contribution in [2.75, 3.05) is 6.61 Å². The van der Waals surface area contributed by atoms with Crippen molar-refractivity contribution in [3.05, 3.63) is 22.1 Å². The summed E-state index contributed by atoms with van der Waals surface area (Å²) in [5.74, 6) is 0.125. The minimum absolute atomic E-state index is 0.0273. The second-order valence-corrected chi connectivity index (χ2v) is 4.88. The van der Waals surface area contributed by atoms with Gasteiger partial charge >= 0.3 is 0 Å². The van der Waals surface area contributed by atoms with Gasteiger partial charge in [0, 0.05) is 17.4 Å². The maximum Gasteiger partial charge on any atom is 0.237 e. The van der Waals surface area contributed by atoms with Crippen LogP contribution in [0.3, 0.4) is 0 Å². The molecule has 7 nitrogen and oxygen atoms in total. The summed E-state index contributed by atoms with van der Waals surface area (Å²) in [7, 11) is 0. The molecule has 0 bridgehead atoms. The summed E-state index contributed by atoms with van der Waals surface area (Å²) in [6, 6.07) is 2.16. The predicted molar refractivity (Wildman–Crippen MR) is 77.1 cm³/mol. The third kappa shape index (κ3) is 3.74. The highest BCUT2D eigenvalue weighted by molar-refractivity contribution is 6.32. The average Bonchev–Trinajstić information content (AvgIpc) is 2.48. The highest BCUT2D eigenvalue weighted by atomic mass is 35.5. The molecule has 1 unspecified atom stereocenters. The highest BCUT2D eigenvalue weighted by Gasteiger charge is 2.24. The standard InChI is InChI=1S/C13H13ClN6O/c1-7(2)12-8(9(14)6-21-13(12)20-18)5-19-11(4-16)10(17)3-15/h5,7,11,17-18H,6H2,1-2H3. The fraction of sp³-hybridized carbons (Fsp3) is 0.385. The number of rotatable bonds is 5. The van der Waals surface area contributed by atoms with Crippen molar-refractivity contribution < 1.29 is 4.74 Å². The first-order chi connectivity index (χ1) is 9.96. The van der Waals surface area contributed by atoms with E-state index in [0.717, 1.165) is 0 Å². The number of nitrogens with zero attached hydrogens (tertiary/aromatic N) is 4. The SMILES string of the molecule is CC(C)C1=C(N=N)OCC(Cl)=C1C=NC(C#N)C(=N)C#N. The van der Waals surface area contributed by atoms with Crippen LogP contribution in [0.25, 0.3) is 0 Å². The van der Waals surface area contributed by atoms with Crippen LogP contribution in [0.2, 0.25) is 0 Å². The maximum atomic E-state index is 8.91. The summed E-state index contributed by atoms with van der Waals surface area (Å²) in [5, 5.41) is 28.6. The molecule has 1 atom stereocenters. The first kappa shape index (κ1) is 16.5. The van der Waals surface area contributed by atoms with Crippen LogP contribution < -0.4 is 0 Å². The van der Waals surface area contributed by atoms with Gasteiger partial charge in [-0.15, -0.1) is 5.11 Å². The minimum Gasteiger partial charge on any atom is -0.471 e. The summed E-state index contributed by atoms with van der Waals surface area (Å²) >= 11 is 6.11. The molecule has 1 aliphatic rings. The summed E-state index contributed by atoms with van der Waals surface area (Å²) in [5.41, 5.74) is 7.79. The Labute approximate surface area is 127 Å². The normalized spacial score (nSPS) is 16.5. The summed E-state index contributed by atoms with van der Waals surface area (Å²) in [6.45, 7) is 3.82. The fourth-order valence-corrected chi connectivity index (χ4v) is 1.93. The summed E-state index contributed by atoms with van der Waals surface area (Å²) in [6.07, 6.45) is 1.34. The van der Waals surface area contributed by atoms with Gasteiger partial charge in [0.25, 0.3) is 0 Å². The number of allylic oxidation sites excluding steroid dienone is 2. The van der Waals surface area contributed by atoms with Crippen molar-refractivity contribution >= 4 is 23.5 Å². The Hall–Kier alpha value is -2.51. The van der Waals surface area contributed by atoms with Gasteiger partial charge in [0.15, 0.2) is 6.04 Å². The summed E-state index contributed by atoms with van der Waals surface area (Å²) in [4.78, 5) is 3.92. The van der Waals surface area contributed by atoms with E-state index >= 15 is 0 Å². The first-order valence-electron chi connectivity index (χ1n) is 6.01. The Morgan fingerprint density at radius 3 is 2.62 bits per heavy atom. The zero-order valence-corrected chi connectivity index (χ0v) is 12.3. The highest BCUT2D eigenvalue weighted by Crippen LogP contribution is 2.32. The molecule has 2 N–H and O–H groups in total. The molecule has 0 spiro atoms. The van der Waals surface area contributed by atoms with E-state index in [1.165, 1.54) is 6.21 Å². The van der Waals surface area contributed by atoms with Gasteiger partial charge in [0.05, 0.1) is 11.1 Å². The molecule has 0 aromatic carbocycles. The van der Waals surface area contributed by atoms with Gasteiger partial charge in [0.1, 0.15) is 18.4 Å². The minimum atomic E-state index is -1.18. The van der Waals surface area contributed by atoms with E-state index in [1.807, 2.05) is 13.8 Å². The molecule has 8 heteroatoms. The number of halogens is 1. The molecule has 0 amide bonds. The largest absolute Gasteiger partial charge is 0.471 e. The average molecular weight is 305 g/mol. The number of ether oxygens (including phenoxy) is 1. The number of nitriles is 2. The van der Waals surface area contributed by atoms with E-state index < -0.39 is 11.8 Å². The van der Waals surface area contributed by atoms with Crippen LogP contribution in [0.4, 0.5) is 0 Å². The number of hydrogen-bond donors (Lipinski definition) is 2. The van der Waals surface area contributed by atoms with Crippen molar-refractivity contribution in [3.63, 3.8) is 0 Å². The van der Waals surface area contributed by atoms with E-state index in [9.17, 15) is 0 Å². The van der Waals surface area contributed by atoms with Crippen LogP contribution in [-0.4, -0.2) is 24.6 Å². The van der Waals surface area contributed by atoms with Crippen LogP contribution in [0.5, 0.6) is 0 Å². The lowest BCUT2D eigenvalue weighted by Crippen LogP contribution is -2.17. The fourth-order valence-electron chi connectivity index (χ4n) is 1.72. The molecule has 1 heterocycles. The maximum absolute atomic E-state index is 8.91. The molecule has 21 heavy (non-hydrogen) atoms. The molecule has 0 aromatic heterocycles. The molecular weight excluding hydrogens is 292 g/mol. The molecule has 0 fully saturated rings. The monoisotopic (exact) mass is 304 g/mol. The van der Waals surface area contributed by atoms with Gasteiger partial charge in [-0.1, -0.05) is 25.4 Å². The second kappa shape index (κ2) is 7.32. The summed E-state index contributed by atoms with van der Waals surface area (Å²) < 4.78 is 5.26. The van der Waals surface area contributed by atoms with E-state index in [4.69, 9.17) is 37.8 Å². The zero-order valence-electron chi connectivity index (χ0n) is 11.5. The van der Waals surface area contributed by atoms with Gasteiger partial charge in [-0.25, -0.2) is 5.53 Å². The third-order valence-electron chi connectivity index (χ3n) is 2.70. The van der Waals surface area contributed by atoms with Crippen LogP contribution in [0.15, 0.2) is 32.2 Å². The Morgan fingerprint density at radius 1 is 1.48 bits per heavy atom. The van der Waals surface area contributed by atoms with Crippen LogP contribution in [-0.2, 0) is 4.74 Å². The van der Waals surface area contributed by atoms with Gasteiger partial charge in [-0.2, -0.15) is 10.5 Å². The quantitative estimate of drug-likeness (QED) is 0.598. The van der Waals surface area contributed by atoms with Crippen LogP contribution >= 0.6 is 11.6 Å². The molecule has 0 aromatic rings. The predicted octanol–water partition coefficient (Wildman–Crippen LogP) is 2.91. The molecule has 108 valence electrons. The van der Waals surface area contributed by atoms with Gasteiger partial charge in [-0.3, -0.25) is 10.4 Å². The van der Waals surface area contributed by atoms with Crippen molar-refractivity contribution in [3.8, 4) is 12.1 Å². The van der Waals surface area contributed by atoms with E-state index in [2.05, 4.69) is 10.1 Å². The second-order valence-electron chi connectivity index (χ2n) is 4.43. The molecule has 0 radical (unpaired) electrons. The topological polar surface area (TPSA) is 129 Å². The molecular formula is C13H13ClN6O. The van der Waals surface area contributed by atoms with Crippen molar-refractivity contribution in [1.29, 1.82) is 21.5 Å².